The summed E-state index contributed by atoms with van der Waals surface area (Å²) in [5.74, 6) is -0.356. The molecule has 1 saturated carbocycles. The highest BCUT2D eigenvalue weighted by atomic mass is 19.1. The topological polar surface area (TPSA) is 74.6 Å². The molecular formula is C28H33F2N3O3. The third kappa shape index (κ3) is 6.52. The Morgan fingerprint density at radius 1 is 1.14 bits per heavy atom. The van der Waals surface area contributed by atoms with Gasteiger partial charge in [-0.3, -0.25) is 4.90 Å². The van der Waals surface area contributed by atoms with E-state index in [1.54, 1.807) is 6.07 Å². The Morgan fingerprint density at radius 3 is 2.56 bits per heavy atom. The van der Waals surface area contributed by atoms with Gasteiger partial charge in [0.1, 0.15) is 35.2 Å². The van der Waals surface area contributed by atoms with Gasteiger partial charge in [-0.2, -0.15) is 5.26 Å². The average Bonchev–Trinajstić information content (AvgIpc) is 3.22. The number of likely N-dealkylation sites (tertiary alicyclic amines) is 1. The first-order chi connectivity index (χ1) is 17.1. The number of hydrogen-bond acceptors (Lipinski definition) is 5. The molecule has 1 aliphatic carbocycles. The van der Waals surface area contributed by atoms with Crippen LogP contribution in [-0.2, 0) is 4.74 Å². The van der Waals surface area contributed by atoms with Crippen LogP contribution in [-0.4, -0.2) is 47.9 Å². The van der Waals surface area contributed by atoms with Gasteiger partial charge in [-0.25, -0.2) is 13.6 Å². The number of carbonyl (C=O) groups excluding carboxylic acids is 1. The van der Waals surface area contributed by atoms with Crippen LogP contribution >= 0.6 is 0 Å². The Balaban J connectivity index is 1.51. The lowest BCUT2D eigenvalue weighted by Crippen LogP contribution is -2.54. The summed E-state index contributed by atoms with van der Waals surface area (Å²) in [4.78, 5) is 14.7. The number of carbonyl (C=O) groups is 1. The summed E-state index contributed by atoms with van der Waals surface area (Å²) >= 11 is 0. The lowest BCUT2D eigenvalue weighted by molar-refractivity contribution is 0.0389. The van der Waals surface area contributed by atoms with E-state index in [9.17, 15) is 13.6 Å². The van der Waals surface area contributed by atoms with Crippen LogP contribution in [0.3, 0.4) is 0 Å². The number of nitrogens with one attached hydrogen (secondary N) is 1. The van der Waals surface area contributed by atoms with Gasteiger partial charge in [0, 0.05) is 24.7 Å². The molecule has 6 nitrogen and oxygen atoms in total. The average molecular weight is 498 g/mol. The SMILES string of the molecule is CC(C)(C)OC(=O)N[C@@H]1CCCN(C2CC(c3ccc(F)cc3)CC2Oc2ccc(C#N)c(F)c2)C1. The smallest absolute Gasteiger partial charge is 0.407 e. The van der Waals surface area contributed by atoms with Crippen LogP contribution in [0, 0.1) is 23.0 Å². The number of rotatable bonds is 5. The summed E-state index contributed by atoms with van der Waals surface area (Å²) in [6.45, 7) is 7.02. The summed E-state index contributed by atoms with van der Waals surface area (Å²) in [5.41, 5.74) is 0.447. The van der Waals surface area contributed by atoms with Gasteiger partial charge in [0.2, 0.25) is 0 Å². The van der Waals surface area contributed by atoms with E-state index in [-0.39, 0.29) is 35.5 Å². The van der Waals surface area contributed by atoms with Crippen LogP contribution in [0.15, 0.2) is 42.5 Å². The molecule has 0 bridgehead atoms. The Kier molecular flexibility index (Phi) is 7.79. The molecular weight excluding hydrogens is 464 g/mol. The predicted octanol–water partition coefficient (Wildman–Crippen LogP) is 5.52. The van der Waals surface area contributed by atoms with E-state index in [2.05, 4.69) is 10.2 Å². The Hall–Kier alpha value is -3.18. The maximum Gasteiger partial charge on any atom is 0.407 e. The zero-order chi connectivity index (χ0) is 25.9. The van der Waals surface area contributed by atoms with Crippen molar-refractivity contribution in [2.75, 3.05) is 13.1 Å². The number of alkyl carbamates (subject to hydrolysis) is 1. The fraction of sp³-hybridized carbons (Fsp3) is 0.500. The molecule has 3 unspecified atom stereocenters. The van der Waals surface area contributed by atoms with Gasteiger partial charge in [-0.15, -0.1) is 0 Å². The van der Waals surface area contributed by atoms with E-state index in [0.717, 1.165) is 31.4 Å². The maximum absolute atomic E-state index is 14.2. The minimum Gasteiger partial charge on any atom is -0.489 e. The molecule has 1 N–H and O–H groups in total. The number of nitrogens with zero attached hydrogens (tertiary/aromatic N) is 2. The Bertz CT molecular complexity index is 1110. The van der Waals surface area contributed by atoms with E-state index >= 15 is 0 Å². The van der Waals surface area contributed by atoms with Crippen molar-refractivity contribution in [1.29, 1.82) is 5.26 Å². The van der Waals surface area contributed by atoms with Crippen molar-refractivity contribution < 1.29 is 23.0 Å². The highest BCUT2D eigenvalue weighted by Crippen LogP contribution is 2.40. The molecule has 4 rings (SSSR count). The second kappa shape index (κ2) is 10.8. The molecule has 1 heterocycles. The standard InChI is InChI=1S/C28H33F2N3O3/c1-28(2,3)36-27(34)32-22-5-4-12-33(17-22)25-13-20(18-6-9-21(29)10-7-18)14-26(25)35-23-11-8-19(16-31)24(30)15-23/h6-11,15,20,22,25-26H,4-5,12-14,17H2,1-3H3,(H,32,34)/t20?,22-,25?,26?/m1/s1. The third-order valence-electron chi connectivity index (χ3n) is 6.80. The predicted molar refractivity (Wildman–Crippen MR) is 132 cm³/mol. The Labute approximate surface area is 211 Å². The molecule has 2 aromatic rings. The first-order valence-corrected chi connectivity index (χ1v) is 12.5. The molecule has 36 heavy (non-hydrogen) atoms. The molecule has 2 aromatic carbocycles. The van der Waals surface area contributed by atoms with Crippen LogP contribution < -0.4 is 10.1 Å². The van der Waals surface area contributed by atoms with Crippen molar-refractivity contribution in [3.8, 4) is 11.8 Å². The van der Waals surface area contributed by atoms with Crippen molar-refractivity contribution in [3.63, 3.8) is 0 Å². The summed E-state index contributed by atoms with van der Waals surface area (Å²) in [6.07, 6.45) is 2.61. The van der Waals surface area contributed by atoms with E-state index in [4.69, 9.17) is 14.7 Å². The van der Waals surface area contributed by atoms with Gasteiger partial charge in [0.05, 0.1) is 5.56 Å². The van der Waals surface area contributed by atoms with Crippen LogP contribution in [0.5, 0.6) is 5.75 Å². The number of benzene rings is 2. The van der Waals surface area contributed by atoms with Crippen molar-refractivity contribution in [2.24, 2.45) is 0 Å². The Morgan fingerprint density at radius 2 is 1.89 bits per heavy atom. The summed E-state index contributed by atoms with van der Waals surface area (Å²) in [6, 6.07) is 12.7. The minimum atomic E-state index is -0.612. The lowest BCUT2D eigenvalue weighted by Gasteiger charge is -2.39. The summed E-state index contributed by atoms with van der Waals surface area (Å²) in [7, 11) is 0. The van der Waals surface area contributed by atoms with Crippen molar-refractivity contribution in [3.05, 3.63) is 65.2 Å². The minimum absolute atomic E-state index is 0.0263. The second-order valence-electron chi connectivity index (χ2n) is 10.7. The van der Waals surface area contributed by atoms with E-state index in [1.807, 2.05) is 39.0 Å². The lowest BCUT2D eigenvalue weighted by atomic mass is 9.97. The van der Waals surface area contributed by atoms with Crippen molar-refractivity contribution in [2.45, 2.75) is 76.2 Å². The third-order valence-corrected chi connectivity index (χ3v) is 6.80. The van der Waals surface area contributed by atoms with Gasteiger partial charge in [0.15, 0.2) is 0 Å². The molecule has 2 aliphatic rings. The summed E-state index contributed by atoms with van der Waals surface area (Å²) < 4.78 is 39.5. The van der Waals surface area contributed by atoms with E-state index < -0.39 is 17.5 Å². The number of piperidine rings is 1. The molecule has 1 saturated heterocycles. The molecule has 0 radical (unpaired) electrons. The summed E-state index contributed by atoms with van der Waals surface area (Å²) in [5, 5.41) is 12.0. The zero-order valence-electron chi connectivity index (χ0n) is 21.0. The molecule has 0 aromatic heterocycles. The number of amides is 1. The van der Waals surface area contributed by atoms with Crippen LogP contribution in [0.4, 0.5) is 13.6 Å². The molecule has 4 atom stereocenters. The van der Waals surface area contributed by atoms with Crippen LogP contribution in [0.25, 0.3) is 0 Å². The normalized spacial score (nSPS) is 24.7. The molecule has 1 amide bonds. The van der Waals surface area contributed by atoms with Gasteiger partial charge in [0.25, 0.3) is 0 Å². The second-order valence-corrected chi connectivity index (χ2v) is 10.7. The van der Waals surface area contributed by atoms with Gasteiger partial charge >= 0.3 is 6.09 Å². The first-order valence-electron chi connectivity index (χ1n) is 12.5. The molecule has 0 spiro atoms. The van der Waals surface area contributed by atoms with Crippen molar-refractivity contribution in [1.82, 2.24) is 10.2 Å². The van der Waals surface area contributed by atoms with E-state index in [0.29, 0.717) is 18.7 Å². The van der Waals surface area contributed by atoms with Gasteiger partial charge < -0.3 is 14.8 Å². The van der Waals surface area contributed by atoms with Gasteiger partial charge in [-0.05, 0) is 88.7 Å². The first kappa shape index (κ1) is 25.9. The van der Waals surface area contributed by atoms with E-state index in [1.165, 1.54) is 24.3 Å². The highest BCUT2D eigenvalue weighted by Gasteiger charge is 2.41. The monoisotopic (exact) mass is 497 g/mol. The number of ether oxygens (including phenoxy) is 2. The molecule has 2 fully saturated rings. The van der Waals surface area contributed by atoms with Crippen LogP contribution in [0.1, 0.15) is 63.5 Å². The molecule has 192 valence electrons. The van der Waals surface area contributed by atoms with Crippen molar-refractivity contribution >= 4 is 6.09 Å². The molecule has 8 heteroatoms. The fourth-order valence-corrected chi connectivity index (χ4v) is 5.23. The fourth-order valence-electron chi connectivity index (χ4n) is 5.23. The molecule has 1 aliphatic heterocycles. The zero-order valence-corrected chi connectivity index (χ0v) is 21.0. The maximum atomic E-state index is 14.2. The van der Waals surface area contributed by atoms with Crippen LogP contribution in [0.2, 0.25) is 0 Å². The van der Waals surface area contributed by atoms with Gasteiger partial charge in [-0.1, -0.05) is 12.1 Å². The largest absolute Gasteiger partial charge is 0.489 e. The highest BCUT2D eigenvalue weighted by molar-refractivity contribution is 5.68. The number of nitriles is 1. The number of hydrogen-bond donors (Lipinski definition) is 1. The quantitative estimate of drug-likeness (QED) is 0.589. The number of halogens is 2.